The molecular weight excluding hydrogens is 392 g/mol. The molecule has 0 saturated carbocycles. The molecule has 1 N–H and O–H groups in total. The zero-order valence-electron chi connectivity index (χ0n) is 16.2. The molecule has 4 rings (SSSR count). The van der Waals surface area contributed by atoms with E-state index in [9.17, 15) is 4.79 Å². The highest BCUT2D eigenvalue weighted by Crippen LogP contribution is 2.33. The molecule has 148 valence electrons. The van der Waals surface area contributed by atoms with Gasteiger partial charge in [0.2, 0.25) is 0 Å². The van der Waals surface area contributed by atoms with Gasteiger partial charge in [-0.1, -0.05) is 23.7 Å². The number of likely N-dealkylation sites (N-methyl/N-ethyl adjacent to an activating group) is 1. The van der Waals surface area contributed by atoms with Crippen molar-refractivity contribution in [2.75, 3.05) is 20.6 Å². The van der Waals surface area contributed by atoms with Crippen molar-refractivity contribution >= 4 is 33.2 Å². The van der Waals surface area contributed by atoms with Crippen LogP contribution in [0.25, 0.3) is 10.2 Å². The lowest BCUT2D eigenvalue weighted by Crippen LogP contribution is -2.34. The van der Waals surface area contributed by atoms with Crippen molar-refractivity contribution in [1.29, 1.82) is 0 Å². The number of hydrogen-bond acceptors (Lipinski definition) is 5. The molecule has 0 saturated heterocycles. The third kappa shape index (κ3) is 4.15. The summed E-state index contributed by atoms with van der Waals surface area (Å²) >= 11 is 7.76. The van der Waals surface area contributed by atoms with Gasteiger partial charge in [-0.2, -0.15) is 0 Å². The highest BCUT2D eigenvalue weighted by Gasteiger charge is 2.25. The zero-order valence-corrected chi connectivity index (χ0v) is 17.8. The van der Waals surface area contributed by atoms with E-state index in [4.69, 9.17) is 11.6 Å². The number of fused-ring (bicyclic) bond motifs is 3. The number of nitrogens with zero attached hydrogens (tertiary/aromatic N) is 3. The van der Waals surface area contributed by atoms with Crippen LogP contribution in [0, 0.1) is 0 Å². The number of thiophene rings is 1. The fraction of sp³-hybridized carbons (Fsp3) is 0.429. The maximum atomic E-state index is 13.0. The van der Waals surface area contributed by atoms with Crippen LogP contribution in [0.5, 0.6) is 0 Å². The van der Waals surface area contributed by atoms with Gasteiger partial charge in [-0.25, -0.2) is 4.98 Å². The topological polar surface area (TPSA) is 50.2 Å². The van der Waals surface area contributed by atoms with E-state index in [0.29, 0.717) is 12.6 Å². The van der Waals surface area contributed by atoms with Crippen LogP contribution < -0.4 is 10.9 Å². The molecule has 2 heterocycles. The molecule has 2 aromatic heterocycles. The molecule has 0 aliphatic heterocycles. The van der Waals surface area contributed by atoms with E-state index in [0.717, 1.165) is 47.6 Å². The van der Waals surface area contributed by atoms with Crippen LogP contribution >= 0.6 is 22.9 Å². The van der Waals surface area contributed by atoms with Gasteiger partial charge in [0.05, 0.1) is 11.7 Å². The summed E-state index contributed by atoms with van der Waals surface area (Å²) in [6.45, 7) is 2.30. The van der Waals surface area contributed by atoms with Crippen LogP contribution in [0.15, 0.2) is 35.4 Å². The van der Waals surface area contributed by atoms with Crippen molar-refractivity contribution in [1.82, 2.24) is 19.8 Å². The van der Waals surface area contributed by atoms with Crippen molar-refractivity contribution in [2.45, 2.75) is 38.4 Å². The van der Waals surface area contributed by atoms with Crippen LogP contribution in [0.1, 0.15) is 22.4 Å². The Hall–Kier alpha value is -1.73. The van der Waals surface area contributed by atoms with Crippen LogP contribution in [0.4, 0.5) is 0 Å². The van der Waals surface area contributed by atoms with E-state index in [1.54, 1.807) is 22.2 Å². The summed E-state index contributed by atoms with van der Waals surface area (Å²) in [6.07, 6.45) is 4.61. The molecule has 7 heteroatoms. The first-order chi connectivity index (χ1) is 13.5. The lowest BCUT2D eigenvalue weighted by molar-refractivity contribution is 0.380. The van der Waals surface area contributed by atoms with Gasteiger partial charge in [0, 0.05) is 35.6 Å². The van der Waals surface area contributed by atoms with E-state index in [1.165, 1.54) is 16.0 Å². The molecule has 1 atom stereocenters. The Labute approximate surface area is 174 Å². The lowest BCUT2D eigenvalue weighted by Gasteiger charge is -2.23. The molecule has 1 aliphatic carbocycles. The summed E-state index contributed by atoms with van der Waals surface area (Å²) in [5, 5.41) is 5.26. The first-order valence-corrected chi connectivity index (χ1v) is 10.8. The summed E-state index contributed by atoms with van der Waals surface area (Å²) in [5.74, 6) is 0. The summed E-state index contributed by atoms with van der Waals surface area (Å²) in [6, 6.07) is 8.38. The third-order valence-corrected chi connectivity index (χ3v) is 6.71. The number of nitrogens with one attached hydrogen (secondary N) is 1. The highest BCUT2D eigenvalue weighted by molar-refractivity contribution is 7.18. The van der Waals surface area contributed by atoms with Crippen molar-refractivity contribution in [2.24, 2.45) is 0 Å². The standard InChI is InChI=1S/C21H25ClN4OS/c1-25(2)8-9-26-13-24-20-19(21(26)27)17-7-6-16(11-18(17)28-20)23-12-14-4-3-5-15(22)10-14/h3-5,10,13,16,23H,6-9,11-12H2,1-2H3. The Bertz CT molecular complexity index is 1040. The van der Waals surface area contributed by atoms with Crippen molar-refractivity contribution in [3.8, 4) is 0 Å². The molecule has 0 amide bonds. The molecule has 3 aromatic rings. The fourth-order valence-electron chi connectivity index (χ4n) is 3.75. The number of aromatic nitrogens is 2. The molecule has 0 fully saturated rings. The third-order valence-electron chi connectivity index (χ3n) is 5.31. The Balaban J connectivity index is 1.51. The highest BCUT2D eigenvalue weighted by atomic mass is 35.5. The first kappa shape index (κ1) is 19.6. The van der Waals surface area contributed by atoms with Gasteiger partial charge in [-0.3, -0.25) is 9.36 Å². The predicted molar refractivity (Wildman–Crippen MR) is 117 cm³/mol. The van der Waals surface area contributed by atoms with Gasteiger partial charge in [0.15, 0.2) is 0 Å². The summed E-state index contributed by atoms with van der Waals surface area (Å²) < 4.78 is 1.75. The maximum absolute atomic E-state index is 13.0. The fourth-order valence-corrected chi connectivity index (χ4v) is 5.22. The van der Waals surface area contributed by atoms with Crippen LogP contribution in [0.2, 0.25) is 5.02 Å². The van der Waals surface area contributed by atoms with Gasteiger partial charge in [-0.05, 0) is 56.6 Å². The largest absolute Gasteiger partial charge is 0.310 e. The molecule has 5 nitrogen and oxygen atoms in total. The number of benzene rings is 1. The second-order valence-corrected chi connectivity index (χ2v) is 9.20. The zero-order chi connectivity index (χ0) is 19.7. The Morgan fingerprint density at radius 2 is 2.25 bits per heavy atom. The molecule has 1 aromatic carbocycles. The average Bonchev–Trinajstić information content (AvgIpc) is 3.04. The first-order valence-electron chi connectivity index (χ1n) is 9.63. The van der Waals surface area contributed by atoms with Gasteiger partial charge >= 0.3 is 0 Å². The van der Waals surface area contributed by atoms with Gasteiger partial charge in [0.25, 0.3) is 5.56 Å². The van der Waals surface area contributed by atoms with E-state index in [1.807, 2.05) is 32.3 Å². The van der Waals surface area contributed by atoms with Crippen LogP contribution in [0.3, 0.4) is 0 Å². The number of hydrogen-bond donors (Lipinski definition) is 1. The second kappa shape index (κ2) is 8.33. The van der Waals surface area contributed by atoms with Crippen LogP contribution in [-0.4, -0.2) is 41.1 Å². The summed E-state index contributed by atoms with van der Waals surface area (Å²) in [5.41, 5.74) is 2.52. The lowest BCUT2D eigenvalue weighted by atomic mass is 9.93. The molecule has 0 bridgehead atoms. The number of rotatable bonds is 6. The van der Waals surface area contributed by atoms with Crippen molar-refractivity contribution in [3.63, 3.8) is 0 Å². The Morgan fingerprint density at radius 3 is 3.04 bits per heavy atom. The molecule has 0 spiro atoms. The second-order valence-electron chi connectivity index (χ2n) is 7.68. The van der Waals surface area contributed by atoms with Gasteiger partial charge < -0.3 is 10.2 Å². The van der Waals surface area contributed by atoms with Gasteiger partial charge in [-0.15, -0.1) is 11.3 Å². The molecular formula is C21H25ClN4OS. The minimum Gasteiger partial charge on any atom is -0.310 e. The summed E-state index contributed by atoms with van der Waals surface area (Å²) in [4.78, 5) is 21.8. The normalized spacial score (nSPS) is 16.6. The maximum Gasteiger partial charge on any atom is 0.262 e. The molecule has 1 unspecified atom stereocenters. The van der Waals surface area contributed by atoms with E-state index < -0.39 is 0 Å². The average molecular weight is 417 g/mol. The van der Waals surface area contributed by atoms with E-state index in [2.05, 4.69) is 21.3 Å². The van der Waals surface area contributed by atoms with Crippen LogP contribution in [-0.2, 0) is 25.9 Å². The molecule has 28 heavy (non-hydrogen) atoms. The molecule has 0 radical (unpaired) electrons. The Morgan fingerprint density at radius 1 is 1.39 bits per heavy atom. The number of halogens is 1. The minimum absolute atomic E-state index is 0.106. The quantitative estimate of drug-likeness (QED) is 0.669. The monoisotopic (exact) mass is 416 g/mol. The smallest absolute Gasteiger partial charge is 0.262 e. The van der Waals surface area contributed by atoms with Crippen molar-refractivity contribution < 1.29 is 0 Å². The summed E-state index contributed by atoms with van der Waals surface area (Å²) in [7, 11) is 4.03. The van der Waals surface area contributed by atoms with E-state index >= 15 is 0 Å². The Kier molecular flexibility index (Phi) is 5.83. The minimum atomic E-state index is 0.106. The molecule has 1 aliphatic rings. The van der Waals surface area contributed by atoms with E-state index in [-0.39, 0.29) is 5.56 Å². The van der Waals surface area contributed by atoms with Gasteiger partial charge in [0.1, 0.15) is 4.83 Å². The SMILES string of the molecule is CN(C)CCn1cnc2sc3c(c2c1=O)CCC(NCc1cccc(Cl)c1)C3. The van der Waals surface area contributed by atoms with Crippen molar-refractivity contribution in [3.05, 3.63) is 62.0 Å². The number of aryl methyl sites for hydroxylation is 1. The predicted octanol–water partition coefficient (Wildman–Crippen LogP) is 3.32.